The van der Waals surface area contributed by atoms with Gasteiger partial charge >= 0.3 is 5.97 Å². The molecule has 0 saturated heterocycles. The van der Waals surface area contributed by atoms with E-state index in [0.29, 0.717) is 30.2 Å². The van der Waals surface area contributed by atoms with E-state index < -0.39 is 5.97 Å². The van der Waals surface area contributed by atoms with E-state index in [1.54, 1.807) is 48.5 Å². The molecule has 0 N–H and O–H groups in total. The van der Waals surface area contributed by atoms with E-state index in [4.69, 9.17) is 14.2 Å². The first-order valence-electron chi connectivity index (χ1n) is 12.9. The zero-order valence-corrected chi connectivity index (χ0v) is 21.3. The van der Waals surface area contributed by atoms with E-state index in [0.717, 1.165) is 36.4 Å². The molecule has 0 aromatic heterocycles. The maximum Gasteiger partial charge on any atom is 0.343 e. The first-order chi connectivity index (χ1) is 17.7. The van der Waals surface area contributed by atoms with Crippen LogP contribution >= 0.6 is 0 Å². The van der Waals surface area contributed by atoms with Crippen LogP contribution in [0.25, 0.3) is 0 Å². The minimum atomic E-state index is -0.420. The summed E-state index contributed by atoms with van der Waals surface area (Å²) in [5.74, 6) is 1.61. The van der Waals surface area contributed by atoms with Crippen molar-refractivity contribution in [3.05, 3.63) is 78.4 Å². The highest BCUT2D eigenvalue weighted by Crippen LogP contribution is 2.24. The van der Waals surface area contributed by atoms with Crippen molar-refractivity contribution in [1.29, 1.82) is 0 Å². The first-order valence-corrected chi connectivity index (χ1v) is 12.9. The summed E-state index contributed by atoms with van der Waals surface area (Å²) in [6.45, 7) is 5.75. The maximum atomic E-state index is 12.5. The largest absolute Gasteiger partial charge is 0.494 e. The van der Waals surface area contributed by atoms with E-state index in [-0.39, 0.29) is 0 Å². The Morgan fingerprint density at radius 2 is 1.06 bits per heavy atom. The minimum Gasteiger partial charge on any atom is -0.494 e. The van der Waals surface area contributed by atoms with Gasteiger partial charge in [0.1, 0.15) is 17.2 Å². The molecule has 3 aromatic carbocycles. The van der Waals surface area contributed by atoms with Gasteiger partial charge in [-0.15, -0.1) is 0 Å². The lowest BCUT2D eigenvalue weighted by molar-refractivity contribution is 0.0734. The minimum absolute atomic E-state index is 0.420. The number of azo groups is 1. The molecular formula is C30H36N2O4. The Labute approximate surface area is 214 Å². The number of ether oxygens (including phenoxy) is 3. The molecule has 36 heavy (non-hydrogen) atoms. The van der Waals surface area contributed by atoms with Crippen molar-refractivity contribution in [3.63, 3.8) is 0 Å². The molecule has 6 heteroatoms. The Balaban J connectivity index is 1.44. The quantitative estimate of drug-likeness (QED) is 0.0927. The van der Waals surface area contributed by atoms with Crippen molar-refractivity contribution >= 4 is 17.3 Å². The van der Waals surface area contributed by atoms with Crippen molar-refractivity contribution < 1.29 is 19.0 Å². The van der Waals surface area contributed by atoms with E-state index in [9.17, 15) is 4.79 Å². The fourth-order valence-electron chi connectivity index (χ4n) is 3.39. The summed E-state index contributed by atoms with van der Waals surface area (Å²) in [5, 5.41) is 8.49. The van der Waals surface area contributed by atoms with Crippen LogP contribution in [0.3, 0.4) is 0 Å². The molecule has 0 radical (unpaired) electrons. The molecule has 0 aliphatic rings. The Hall–Kier alpha value is -3.67. The van der Waals surface area contributed by atoms with Crippen LogP contribution in [0.1, 0.15) is 69.2 Å². The molecule has 0 atom stereocenters. The molecule has 3 aromatic rings. The second-order valence-corrected chi connectivity index (χ2v) is 8.57. The van der Waals surface area contributed by atoms with Crippen molar-refractivity contribution in [2.75, 3.05) is 13.2 Å². The number of hydrogen-bond donors (Lipinski definition) is 0. The SMILES string of the molecule is CCCCCCCOc1ccc(C(=O)Oc2ccc(N=Nc3ccc(OCCCC)cc3)cc2)cc1. The van der Waals surface area contributed by atoms with Gasteiger partial charge in [0.15, 0.2) is 0 Å². The van der Waals surface area contributed by atoms with Gasteiger partial charge in [0.2, 0.25) is 0 Å². The molecule has 0 aliphatic heterocycles. The highest BCUT2D eigenvalue weighted by molar-refractivity contribution is 5.91. The smallest absolute Gasteiger partial charge is 0.343 e. The van der Waals surface area contributed by atoms with Crippen LogP contribution in [-0.4, -0.2) is 19.2 Å². The number of rotatable bonds is 15. The maximum absolute atomic E-state index is 12.5. The normalized spacial score (nSPS) is 10.9. The number of unbranched alkanes of at least 4 members (excludes halogenated alkanes) is 5. The summed E-state index contributed by atoms with van der Waals surface area (Å²) in [4.78, 5) is 12.5. The standard InChI is InChI=1S/C30H36N2O4/c1-3-5-7-8-9-23-35-27-16-10-24(11-17-27)30(33)36-29-20-14-26(15-21-29)32-31-25-12-18-28(19-13-25)34-22-6-4-2/h10-21H,3-9,22-23H2,1-2H3. The number of carbonyl (C=O) groups excluding carboxylic acids is 1. The van der Waals surface area contributed by atoms with E-state index in [1.165, 1.54) is 25.7 Å². The number of benzene rings is 3. The van der Waals surface area contributed by atoms with E-state index in [2.05, 4.69) is 24.1 Å². The summed E-state index contributed by atoms with van der Waals surface area (Å²) in [5.41, 5.74) is 1.86. The van der Waals surface area contributed by atoms with Gasteiger partial charge in [-0.1, -0.05) is 46.0 Å². The fraction of sp³-hybridized carbons (Fsp3) is 0.367. The third-order valence-electron chi connectivity index (χ3n) is 5.54. The summed E-state index contributed by atoms with van der Waals surface area (Å²) in [7, 11) is 0. The zero-order valence-electron chi connectivity index (χ0n) is 21.3. The van der Waals surface area contributed by atoms with Crippen LogP contribution in [0.4, 0.5) is 11.4 Å². The van der Waals surface area contributed by atoms with Crippen LogP contribution in [0.15, 0.2) is 83.0 Å². The Kier molecular flexibility index (Phi) is 11.5. The van der Waals surface area contributed by atoms with Gasteiger partial charge < -0.3 is 14.2 Å². The van der Waals surface area contributed by atoms with Gasteiger partial charge in [-0.3, -0.25) is 0 Å². The fourth-order valence-corrected chi connectivity index (χ4v) is 3.39. The molecule has 0 bridgehead atoms. The van der Waals surface area contributed by atoms with Gasteiger partial charge in [0.05, 0.1) is 30.2 Å². The van der Waals surface area contributed by atoms with E-state index in [1.807, 2.05) is 24.3 Å². The molecular weight excluding hydrogens is 452 g/mol. The summed E-state index contributed by atoms with van der Waals surface area (Å²) in [6, 6.07) is 21.5. The topological polar surface area (TPSA) is 69.5 Å². The van der Waals surface area contributed by atoms with Gasteiger partial charge in [0, 0.05) is 0 Å². The third-order valence-corrected chi connectivity index (χ3v) is 5.54. The second kappa shape index (κ2) is 15.4. The number of carbonyl (C=O) groups is 1. The van der Waals surface area contributed by atoms with Crippen LogP contribution in [0, 0.1) is 0 Å². The third kappa shape index (κ3) is 9.53. The van der Waals surface area contributed by atoms with Crippen LogP contribution < -0.4 is 14.2 Å². The average molecular weight is 489 g/mol. The molecule has 0 spiro atoms. The average Bonchev–Trinajstić information content (AvgIpc) is 2.91. The molecule has 3 rings (SSSR count). The van der Waals surface area contributed by atoms with Gasteiger partial charge in [-0.05, 0) is 85.6 Å². The lowest BCUT2D eigenvalue weighted by Crippen LogP contribution is -2.08. The monoisotopic (exact) mass is 488 g/mol. The zero-order chi connectivity index (χ0) is 25.4. The summed E-state index contributed by atoms with van der Waals surface area (Å²) >= 11 is 0. The molecule has 190 valence electrons. The Bertz CT molecular complexity index is 1060. The molecule has 0 unspecified atom stereocenters. The second-order valence-electron chi connectivity index (χ2n) is 8.57. The molecule has 6 nitrogen and oxygen atoms in total. The van der Waals surface area contributed by atoms with Crippen molar-refractivity contribution in [2.24, 2.45) is 10.2 Å². The molecule has 0 saturated carbocycles. The van der Waals surface area contributed by atoms with Crippen LogP contribution in [-0.2, 0) is 0 Å². The van der Waals surface area contributed by atoms with Gasteiger partial charge in [0.25, 0.3) is 0 Å². The predicted molar refractivity (Wildman–Crippen MR) is 143 cm³/mol. The summed E-state index contributed by atoms with van der Waals surface area (Å²) < 4.78 is 16.9. The van der Waals surface area contributed by atoms with Crippen molar-refractivity contribution in [2.45, 2.75) is 58.8 Å². The lowest BCUT2D eigenvalue weighted by Gasteiger charge is -2.08. The molecule has 0 aliphatic carbocycles. The first kappa shape index (κ1) is 26.9. The predicted octanol–water partition coefficient (Wildman–Crippen LogP) is 8.85. The highest BCUT2D eigenvalue weighted by atomic mass is 16.5. The summed E-state index contributed by atoms with van der Waals surface area (Å²) in [6.07, 6.45) is 8.11. The van der Waals surface area contributed by atoms with Crippen molar-refractivity contribution in [3.8, 4) is 17.2 Å². The highest BCUT2D eigenvalue weighted by Gasteiger charge is 2.09. The van der Waals surface area contributed by atoms with Crippen LogP contribution in [0.2, 0.25) is 0 Å². The van der Waals surface area contributed by atoms with Gasteiger partial charge in [-0.2, -0.15) is 10.2 Å². The Morgan fingerprint density at radius 3 is 1.61 bits per heavy atom. The molecule has 0 fully saturated rings. The van der Waals surface area contributed by atoms with E-state index >= 15 is 0 Å². The van der Waals surface area contributed by atoms with Gasteiger partial charge in [-0.25, -0.2) is 4.79 Å². The number of nitrogens with zero attached hydrogens (tertiary/aromatic N) is 2. The van der Waals surface area contributed by atoms with Crippen molar-refractivity contribution in [1.82, 2.24) is 0 Å². The van der Waals surface area contributed by atoms with Crippen LogP contribution in [0.5, 0.6) is 17.2 Å². The molecule has 0 amide bonds. The number of hydrogen-bond acceptors (Lipinski definition) is 6. The Morgan fingerprint density at radius 1 is 0.583 bits per heavy atom. The lowest BCUT2D eigenvalue weighted by atomic mass is 10.2. The number of esters is 1. The molecule has 0 heterocycles.